The molecule has 0 fully saturated rings. The highest BCUT2D eigenvalue weighted by Crippen LogP contribution is 2.11. The molecule has 0 saturated carbocycles. The maximum absolute atomic E-state index is 11.3. The van der Waals surface area contributed by atoms with Crippen molar-refractivity contribution in [2.45, 2.75) is 13.0 Å². The first-order chi connectivity index (χ1) is 8.65. The van der Waals surface area contributed by atoms with Crippen LogP contribution < -0.4 is 4.74 Å². The van der Waals surface area contributed by atoms with Crippen LogP contribution in [0.2, 0.25) is 0 Å². The summed E-state index contributed by atoms with van der Waals surface area (Å²) in [5.41, 5.74) is 0.932. The van der Waals surface area contributed by atoms with Crippen LogP contribution in [0.3, 0.4) is 0 Å². The maximum Gasteiger partial charge on any atom is 0.313 e. The normalized spacial score (nSPS) is 9.89. The van der Waals surface area contributed by atoms with Gasteiger partial charge in [0.05, 0.1) is 20.8 Å². The van der Waals surface area contributed by atoms with E-state index in [4.69, 9.17) is 9.47 Å². The lowest BCUT2D eigenvalue weighted by Crippen LogP contribution is -2.14. The molecule has 1 aromatic carbocycles. The van der Waals surface area contributed by atoms with Crippen LogP contribution in [0.25, 0.3) is 0 Å². The summed E-state index contributed by atoms with van der Waals surface area (Å²) in [7, 11) is 2.84. The zero-order valence-electron chi connectivity index (χ0n) is 10.5. The lowest BCUT2D eigenvalue weighted by molar-refractivity contribution is -0.144. The van der Waals surface area contributed by atoms with Crippen molar-refractivity contribution in [2.75, 3.05) is 20.8 Å². The highest BCUT2D eigenvalue weighted by atomic mass is 16.5. The topological polar surface area (TPSA) is 61.8 Å². The quantitative estimate of drug-likeness (QED) is 0.541. The Morgan fingerprint density at radius 3 is 2.33 bits per heavy atom. The molecule has 0 spiro atoms. The van der Waals surface area contributed by atoms with Gasteiger partial charge in [-0.2, -0.15) is 0 Å². The average molecular weight is 252 g/mol. The molecule has 0 atom stereocenters. The fourth-order valence-corrected chi connectivity index (χ4v) is 1.29. The second-order valence-electron chi connectivity index (χ2n) is 3.63. The van der Waals surface area contributed by atoms with Crippen molar-refractivity contribution in [3.63, 3.8) is 0 Å². The van der Waals surface area contributed by atoms with Gasteiger partial charge in [0.1, 0.15) is 18.8 Å². The highest BCUT2D eigenvalue weighted by molar-refractivity contribution is 5.96. The van der Waals surface area contributed by atoms with Crippen LogP contribution in [0.15, 0.2) is 24.3 Å². The molecule has 0 aliphatic heterocycles. The smallest absolute Gasteiger partial charge is 0.313 e. The molecule has 1 rings (SSSR count). The van der Waals surface area contributed by atoms with E-state index in [-0.39, 0.29) is 18.8 Å². The van der Waals surface area contributed by atoms with Crippen LogP contribution in [-0.2, 0) is 25.7 Å². The highest BCUT2D eigenvalue weighted by Gasteiger charge is 2.09. The molecule has 5 heteroatoms. The molecule has 0 aliphatic rings. The Kier molecular flexibility index (Phi) is 5.87. The fourth-order valence-electron chi connectivity index (χ4n) is 1.29. The Balaban J connectivity index is 2.28. The minimum absolute atomic E-state index is 0.0961. The van der Waals surface area contributed by atoms with Gasteiger partial charge in [0.2, 0.25) is 0 Å². The first-order valence-corrected chi connectivity index (χ1v) is 5.45. The number of ether oxygens (including phenoxy) is 3. The molecule has 98 valence electrons. The van der Waals surface area contributed by atoms with Crippen molar-refractivity contribution in [1.82, 2.24) is 0 Å². The lowest BCUT2D eigenvalue weighted by Gasteiger charge is -2.04. The number of benzene rings is 1. The van der Waals surface area contributed by atoms with Crippen molar-refractivity contribution in [2.24, 2.45) is 0 Å². The standard InChI is InChI=1S/C13H16O5/c1-16-12-5-3-10(4-6-12)8-18-9-11(14)7-13(15)17-2/h3-6H,7-9H2,1-2H3. The van der Waals surface area contributed by atoms with E-state index in [1.54, 1.807) is 7.11 Å². The molecule has 0 N–H and O–H groups in total. The van der Waals surface area contributed by atoms with E-state index in [0.29, 0.717) is 6.61 Å². The Hall–Kier alpha value is -1.88. The molecule has 0 bridgehead atoms. The van der Waals surface area contributed by atoms with E-state index in [1.165, 1.54) is 7.11 Å². The van der Waals surface area contributed by atoms with Crippen molar-refractivity contribution < 1.29 is 23.8 Å². The van der Waals surface area contributed by atoms with Gasteiger partial charge < -0.3 is 14.2 Å². The van der Waals surface area contributed by atoms with Gasteiger partial charge in [-0.15, -0.1) is 0 Å². The van der Waals surface area contributed by atoms with Crippen LogP contribution in [0.1, 0.15) is 12.0 Å². The zero-order chi connectivity index (χ0) is 13.4. The van der Waals surface area contributed by atoms with Crippen molar-refractivity contribution in [3.8, 4) is 5.75 Å². The lowest BCUT2D eigenvalue weighted by atomic mass is 10.2. The predicted molar refractivity (Wildman–Crippen MR) is 64.3 cm³/mol. The van der Waals surface area contributed by atoms with E-state index < -0.39 is 5.97 Å². The predicted octanol–water partition coefficient (Wildman–Crippen LogP) is 1.34. The Morgan fingerprint density at radius 2 is 1.78 bits per heavy atom. The molecule has 0 radical (unpaired) electrons. The number of hydrogen-bond acceptors (Lipinski definition) is 5. The summed E-state index contributed by atoms with van der Waals surface area (Å²) in [6.45, 7) is 0.220. The second-order valence-corrected chi connectivity index (χ2v) is 3.63. The van der Waals surface area contributed by atoms with Gasteiger partial charge in [-0.1, -0.05) is 12.1 Å². The van der Waals surface area contributed by atoms with Crippen LogP contribution in [0.5, 0.6) is 5.75 Å². The summed E-state index contributed by atoms with van der Waals surface area (Å²) in [5.74, 6) is -0.0797. The summed E-state index contributed by atoms with van der Waals surface area (Å²) >= 11 is 0. The Bertz CT molecular complexity index is 396. The number of carbonyl (C=O) groups is 2. The first kappa shape index (κ1) is 14.2. The van der Waals surface area contributed by atoms with Crippen LogP contribution in [0.4, 0.5) is 0 Å². The molecule has 18 heavy (non-hydrogen) atoms. The van der Waals surface area contributed by atoms with Gasteiger partial charge >= 0.3 is 5.97 Å². The van der Waals surface area contributed by atoms with Gasteiger partial charge in [0.15, 0.2) is 5.78 Å². The molecular weight excluding hydrogens is 236 g/mol. The summed E-state index contributed by atoms with van der Waals surface area (Å²) < 4.78 is 14.6. The first-order valence-electron chi connectivity index (χ1n) is 5.45. The largest absolute Gasteiger partial charge is 0.497 e. The van der Waals surface area contributed by atoms with Crippen LogP contribution >= 0.6 is 0 Å². The maximum atomic E-state index is 11.3. The third kappa shape index (κ3) is 4.97. The summed E-state index contributed by atoms with van der Waals surface area (Å²) in [4.78, 5) is 22.1. The van der Waals surface area contributed by atoms with Crippen LogP contribution in [0, 0.1) is 0 Å². The van der Waals surface area contributed by atoms with E-state index in [9.17, 15) is 9.59 Å². The third-order valence-electron chi connectivity index (χ3n) is 2.26. The molecule has 0 unspecified atom stereocenters. The summed E-state index contributed by atoms with van der Waals surface area (Å²) in [5, 5.41) is 0. The van der Waals surface area contributed by atoms with E-state index in [0.717, 1.165) is 11.3 Å². The summed E-state index contributed by atoms with van der Waals surface area (Å²) in [6, 6.07) is 7.33. The zero-order valence-corrected chi connectivity index (χ0v) is 10.5. The number of ketones is 1. The van der Waals surface area contributed by atoms with Gasteiger partial charge in [-0.05, 0) is 17.7 Å². The van der Waals surface area contributed by atoms with Gasteiger partial charge in [0.25, 0.3) is 0 Å². The number of hydrogen-bond donors (Lipinski definition) is 0. The minimum atomic E-state index is -0.548. The second kappa shape index (κ2) is 7.45. The van der Waals surface area contributed by atoms with Gasteiger partial charge in [0, 0.05) is 0 Å². The van der Waals surface area contributed by atoms with Crippen molar-refractivity contribution in [1.29, 1.82) is 0 Å². The molecule has 5 nitrogen and oxygen atoms in total. The third-order valence-corrected chi connectivity index (χ3v) is 2.26. The SMILES string of the molecule is COC(=O)CC(=O)COCc1ccc(OC)cc1. The molecule has 1 aromatic rings. The molecule has 0 heterocycles. The molecule has 0 saturated heterocycles. The number of Topliss-reactive ketones (excluding diaryl/α,β-unsaturated/α-hetero) is 1. The fraction of sp³-hybridized carbons (Fsp3) is 0.385. The molecular formula is C13H16O5. The molecule has 0 amide bonds. The van der Waals surface area contributed by atoms with Gasteiger partial charge in [-0.3, -0.25) is 9.59 Å². The number of rotatable bonds is 7. The van der Waals surface area contributed by atoms with Crippen molar-refractivity contribution >= 4 is 11.8 Å². The average Bonchev–Trinajstić information content (AvgIpc) is 2.39. The molecule has 0 aromatic heterocycles. The Labute approximate surface area is 106 Å². The molecule has 0 aliphatic carbocycles. The van der Waals surface area contributed by atoms with E-state index in [2.05, 4.69) is 4.74 Å². The Morgan fingerprint density at radius 1 is 1.11 bits per heavy atom. The summed E-state index contributed by atoms with van der Waals surface area (Å²) in [6.07, 6.45) is -0.251. The van der Waals surface area contributed by atoms with E-state index in [1.807, 2.05) is 24.3 Å². The number of methoxy groups -OCH3 is 2. The van der Waals surface area contributed by atoms with Crippen LogP contribution in [-0.4, -0.2) is 32.6 Å². The number of carbonyl (C=O) groups excluding carboxylic acids is 2. The van der Waals surface area contributed by atoms with Crippen molar-refractivity contribution in [3.05, 3.63) is 29.8 Å². The van der Waals surface area contributed by atoms with Gasteiger partial charge in [-0.25, -0.2) is 0 Å². The van der Waals surface area contributed by atoms with E-state index >= 15 is 0 Å². The number of esters is 1. The monoisotopic (exact) mass is 252 g/mol. The minimum Gasteiger partial charge on any atom is -0.497 e.